The summed E-state index contributed by atoms with van der Waals surface area (Å²) in [6.07, 6.45) is 2.42. The molecule has 0 bridgehead atoms. The van der Waals surface area contributed by atoms with E-state index >= 15 is 0 Å². The maximum Gasteiger partial charge on any atom is 0.342 e. The van der Waals surface area contributed by atoms with Crippen molar-refractivity contribution < 1.29 is 18.3 Å². The van der Waals surface area contributed by atoms with E-state index in [0.717, 1.165) is 22.3 Å². The van der Waals surface area contributed by atoms with E-state index in [-0.39, 0.29) is 6.42 Å². The predicted octanol–water partition coefficient (Wildman–Crippen LogP) is 0.455. The predicted molar refractivity (Wildman–Crippen MR) is 84.3 cm³/mol. The topological polar surface area (TPSA) is 120 Å². The average molecular weight is 337 g/mol. The van der Waals surface area contributed by atoms with Gasteiger partial charge in [-0.3, -0.25) is 9.10 Å². The van der Waals surface area contributed by atoms with Crippen molar-refractivity contribution in [2.45, 2.75) is 6.42 Å². The average Bonchev–Trinajstić information content (AvgIpc) is 2.46. The number of aromatic carboxylic acids is 1. The molecular weight excluding hydrogens is 322 g/mol. The molecule has 0 fully saturated rings. The second kappa shape index (κ2) is 6.21. The molecule has 0 aliphatic heterocycles. The first kappa shape index (κ1) is 16.7. The summed E-state index contributed by atoms with van der Waals surface area (Å²) >= 11 is 0. The summed E-state index contributed by atoms with van der Waals surface area (Å²) in [5.74, 6) is -1.01. The highest BCUT2D eigenvalue weighted by Crippen LogP contribution is 2.17. The zero-order chi connectivity index (χ0) is 17.2. The van der Waals surface area contributed by atoms with Crippen LogP contribution in [0.5, 0.6) is 0 Å². The lowest BCUT2D eigenvalue weighted by atomic mass is 10.1. The largest absolute Gasteiger partial charge is 0.477 e. The van der Waals surface area contributed by atoms with Gasteiger partial charge in [-0.15, -0.1) is 0 Å². The summed E-state index contributed by atoms with van der Waals surface area (Å²) in [6, 6.07) is 6.70. The molecule has 0 saturated carbocycles. The highest BCUT2D eigenvalue weighted by molar-refractivity contribution is 7.92. The van der Waals surface area contributed by atoms with Crippen molar-refractivity contribution in [3.05, 3.63) is 57.8 Å². The summed E-state index contributed by atoms with van der Waals surface area (Å²) < 4.78 is 24.1. The Morgan fingerprint density at radius 2 is 1.91 bits per heavy atom. The number of rotatable bonds is 5. The Balaban J connectivity index is 2.20. The first-order valence-corrected chi connectivity index (χ1v) is 8.37. The van der Waals surface area contributed by atoms with Crippen LogP contribution < -0.4 is 9.86 Å². The number of nitrogens with zero attached hydrogens (tertiary/aromatic N) is 2. The van der Waals surface area contributed by atoms with Gasteiger partial charge in [-0.2, -0.15) is 0 Å². The zero-order valence-electron chi connectivity index (χ0n) is 12.5. The Bertz CT molecular complexity index is 887. The third-order valence-electron chi connectivity index (χ3n) is 3.25. The highest BCUT2D eigenvalue weighted by atomic mass is 32.2. The number of aromatic amines is 1. The van der Waals surface area contributed by atoms with Gasteiger partial charge in [-0.05, 0) is 17.7 Å². The van der Waals surface area contributed by atoms with Gasteiger partial charge in [0.15, 0.2) is 0 Å². The van der Waals surface area contributed by atoms with Crippen molar-refractivity contribution in [3.8, 4) is 0 Å². The molecule has 1 aromatic carbocycles. The van der Waals surface area contributed by atoms with Crippen LogP contribution >= 0.6 is 0 Å². The maximum absolute atomic E-state index is 11.6. The van der Waals surface area contributed by atoms with Crippen LogP contribution in [0.15, 0.2) is 35.3 Å². The lowest BCUT2D eigenvalue weighted by Crippen LogP contribution is -2.24. The van der Waals surface area contributed by atoms with Gasteiger partial charge in [-0.25, -0.2) is 18.2 Å². The van der Waals surface area contributed by atoms with Crippen LogP contribution in [0.2, 0.25) is 0 Å². The summed E-state index contributed by atoms with van der Waals surface area (Å²) in [6.45, 7) is 0. The summed E-state index contributed by atoms with van der Waals surface area (Å²) in [4.78, 5) is 28.7. The van der Waals surface area contributed by atoms with Crippen molar-refractivity contribution in [1.82, 2.24) is 9.97 Å². The second-order valence-electron chi connectivity index (χ2n) is 4.95. The molecule has 0 radical (unpaired) electrons. The number of carbonyl (C=O) groups is 1. The van der Waals surface area contributed by atoms with Crippen LogP contribution in [0, 0.1) is 0 Å². The van der Waals surface area contributed by atoms with E-state index in [1.54, 1.807) is 24.3 Å². The first-order valence-electron chi connectivity index (χ1n) is 6.53. The molecule has 2 rings (SSSR count). The van der Waals surface area contributed by atoms with Crippen LogP contribution in [-0.4, -0.2) is 42.8 Å². The van der Waals surface area contributed by atoms with Crippen LogP contribution in [0.25, 0.3) is 0 Å². The molecule has 1 heterocycles. The standard InChI is InChI=1S/C14H15N3O5S/c1-17(23(2,21)22)10-5-3-9(4-6-10)7-12-15-8-11(14(19)20)13(18)16-12/h3-6,8H,7H2,1-2H3,(H,19,20)(H,15,16,18). The number of sulfonamides is 1. The SMILES string of the molecule is CN(c1ccc(Cc2ncc(C(=O)O)c(=O)[nH]2)cc1)S(C)(=O)=O. The minimum absolute atomic E-state index is 0.290. The number of anilines is 1. The molecule has 1 aromatic heterocycles. The Kier molecular flexibility index (Phi) is 4.50. The number of aromatic nitrogens is 2. The third-order valence-corrected chi connectivity index (χ3v) is 4.46. The normalized spacial score (nSPS) is 11.2. The van der Waals surface area contributed by atoms with Gasteiger partial charge in [0.1, 0.15) is 11.4 Å². The maximum atomic E-state index is 11.6. The molecule has 8 nitrogen and oxygen atoms in total. The Labute approximate surface area is 132 Å². The number of nitrogens with one attached hydrogen (secondary N) is 1. The van der Waals surface area contributed by atoms with E-state index in [1.807, 2.05) is 0 Å². The molecule has 2 N–H and O–H groups in total. The van der Waals surface area contributed by atoms with E-state index in [4.69, 9.17) is 5.11 Å². The van der Waals surface area contributed by atoms with Crippen LogP contribution in [0.3, 0.4) is 0 Å². The fourth-order valence-corrected chi connectivity index (χ4v) is 2.39. The number of hydrogen-bond acceptors (Lipinski definition) is 5. The van der Waals surface area contributed by atoms with Gasteiger partial charge in [0, 0.05) is 19.7 Å². The molecule has 0 spiro atoms. The Morgan fingerprint density at radius 3 is 2.39 bits per heavy atom. The molecule has 122 valence electrons. The molecule has 2 aromatic rings. The summed E-state index contributed by atoms with van der Waals surface area (Å²) in [5, 5.41) is 8.78. The lowest BCUT2D eigenvalue weighted by molar-refractivity contribution is 0.0694. The number of H-pyrrole nitrogens is 1. The number of benzene rings is 1. The minimum Gasteiger partial charge on any atom is -0.477 e. The lowest BCUT2D eigenvalue weighted by Gasteiger charge is -2.16. The fourth-order valence-electron chi connectivity index (χ4n) is 1.88. The molecular formula is C14H15N3O5S. The Morgan fingerprint density at radius 1 is 1.30 bits per heavy atom. The minimum atomic E-state index is -3.33. The summed E-state index contributed by atoms with van der Waals surface area (Å²) in [7, 11) is -1.88. The highest BCUT2D eigenvalue weighted by Gasteiger charge is 2.12. The van der Waals surface area contributed by atoms with Gasteiger partial charge in [0.05, 0.1) is 11.9 Å². The van der Waals surface area contributed by atoms with Gasteiger partial charge >= 0.3 is 5.97 Å². The van der Waals surface area contributed by atoms with E-state index in [9.17, 15) is 18.0 Å². The van der Waals surface area contributed by atoms with Crippen molar-refractivity contribution in [1.29, 1.82) is 0 Å². The van der Waals surface area contributed by atoms with Crippen molar-refractivity contribution in [3.63, 3.8) is 0 Å². The molecule has 0 atom stereocenters. The summed E-state index contributed by atoms with van der Waals surface area (Å²) in [5.41, 5.74) is 0.176. The van der Waals surface area contributed by atoms with E-state index in [1.165, 1.54) is 7.05 Å². The molecule has 0 unspecified atom stereocenters. The van der Waals surface area contributed by atoms with E-state index in [0.29, 0.717) is 11.5 Å². The first-order chi connectivity index (χ1) is 10.7. The smallest absolute Gasteiger partial charge is 0.342 e. The van der Waals surface area contributed by atoms with E-state index in [2.05, 4.69) is 9.97 Å². The van der Waals surface area contributed by atoms with Gasteiger partial charge in [0.2, 0.25) is 10.0 Å². The van der Waals surface area contributed by atoms with Crippen LogP contribution in [-0.2, 0) is 16.4 Å². The molecule has 0 aliphatic carbocycles. The Hall–Kier alpha value is -2.68. The quantitative estimate of drug-likeness (QED) is 0.817. The van der Waals surface area contributed by atoms with Gasteiger partial charge in [0.25, 0.3) is 5.56 Å². The number of carboxylic acid groups (broad SMARTS) is 1. The van der Waals surface area contributed by atoms with Crippen molar-refractivity contribution >= 4 is 21.7 Å². The second-order valence-corrected chi connectivity index (χ2v) is 6.97. The molecule has 9 heteroatoms. The van der Waals surface area contributed by atoms with Crippen LogP contribution in [0.4, 0.5) is 5.69 Å². The number of carboxylic acids is 1. The van der Waals surface area contributed by atoms with Gasteiger partial charge in [-0.1, -0.05) is 12.1 Å². The molecule has 0 aliphatic rings. The van der Waals surface area contributed by atoms with E-state index < -0.39 is 27.1 Å². The fraction of sp³-hybridized carbons (Fsp3) is 0.214. The van der Waals surface area contributed by atoms with Gasteiger partial charge < -0.3 is 10.1 Å². The van der Waals surface area contributed by atoms with Crippen molar-refractivity contribution in [2.24, 2.45) is 0 Å². The molecule has 0 amide bonds. The number of hydrogen-bond donors (Lipinski definition) is 2. The molecule has 23 heavy (non-hydrogen) atoms. The van der Waals surface area contributed by atoms with Crippen molar-refractivity contribution in [2.75, 3.05) is 17.6 Å². The monoisotopic (exact) mass is 337 g/mol. The third kappa shape index (κ3) is 3.95. The molecule has 0 saturated heterocycles. The van der Waals surface area contributed by atoms with Crippen LogP contribution in [0.1, 0.15) is 21.7 Å². The zero-order valence-corrected chi connectivity index (χ0v) is 13.3.